The Bertz CT molecular complexity index is 810. The highest BCUT2D eigenvalue weighted by Crippen LogP contribution is 2.32. The zero-order valence-corrected chi connectivity index (χ0v) is 15.5. The van der Waals surface area contributed by atoms with E-state index in [0.29, 0.717) is 26.2 Å². The number of aliphatic hydroxyl groups is 1. The van der Waals surface area contributed by atoms with Crippen molar-refractivity contribution >= 4 is 0 Å². The third-order valence-electron chi connectivity index (χ3n) is 4.40. The lowest BCUT2D eigenvalue weighted by Gasteiger charge is -2.23. The quantitative estimate of drug-likeness (QED) is 0.574. The third-order valence-corrected chi connectivity index (χ3v) is 4.40. The molecule has 3 aromatic rings. The summed E-state index contributed by atoms with van der Waals surface area (Å²) in [6, 6.07) is 13.2. The summed E-state index contributed by atoms with van der Waals surface area (Å²) in [6.07, 6.45) is 2.65. The van der Waals surface area contributed by atoms with E-state index in [1.54, 1.807) is 12.5 Å². The number of nitrogens with zero attached hydrogens (tertiary/aromatic N) is 1. The molecule has 0 radical (unpaired) electrons. The average Bonchev–Trinajstić information content (AvgIpc) is 3.44. The number of furan rings is 2. The van der Waals surface area contributed by atoms with Crippen LogP contribution in [0.1, 0.15) is 17.1 Å². The molecule has 2 aromatic heterocycles. The summed E-state index contributed by atoms with van der Waals surface area (Å²) in [7, 11) is 0. The molecule has 0 saturated heterocycles. The van der Waals surface area contributed by atoms with Gasteiger partial charge in [0.25, 0.3) is 0 Å². The Hall–Kier alpha value is -2.74. The molecule has 1 N–H and O–H groups in total. The maximum absolute atomic E-state index is 10.4. The van der Waals surface area contributed by atoms with E-state index < -0.39 is 6.10 Å². The zero-order chi connectivity index (χ0) is 19.2. The van der Waals surface area contributed by atoms with Crippen LogP contribution in [0.4, 0.5) is 0 Å². The number of fused-ring (bicyclic) bond motifs is 1. The van der Waals surface area contributed by atoms with E-state index in [1.165, 1.54) is 0 Å². The van der Waals surface area contributed by atoms with Crippen LogP contribution >= 0.6 is 0 Å². The second kappa shape index (κ2) is 8.97. The highest BCUT2D eigenvalue weighted by molar-refractivity contribution is 5.44. The Morgan fingerprint density at radius 1 is 0.964 bits per heavy atom. The fourth-order valence-electron chi connectivity index (χ4n) is 3.13. The molecule has 28 heavy (non-hydrogen) atoms. The Morgan fingerprint density at radius 3 is 2.36 bits per heavy atom. The molecule has 1 aliphatic rings. The van der Waals surface area contributed by atoms with Crippen molar-refractivity contribution in [3.05, 3.63) is 72.1 Å². The third kappa shape index (κ3) is 4.95. The van der Waals surface area contributed by atoms with E-state index in [2.05, 4.69) is 4.90 Å². The Kier molecular flexibility index (Phi) is 5.96. The van der Waals surface area contributed by atoms with Crippen LogP contribution in [0.5, 0.6) is 11.5 Å². The fourth-order valence-corrected chi connectivity index (χ4v) is 3.13. The lowest BCUT2D eigenvalue weighted by atomic mass is 10.2. The monoisotopic (exact) mass is 385 g/mol. The normalized spacial score (nSPS) is 13.9. The first kappa shape index (κ1) is 18.6. The Morgan fingerprint density at radius 2 is 1.68 bits per heavy atom. The van der Waals surface area contributed by atoms with E-state index >= 15 is 0 Å². The molecule has 7 nitrogen and oxygen atoms in total. The van der Waals surface area contributed by atoms with Gasteiger partial charge in [-0.05, 0) is 42.0 Å². The molecule has 1 aliphatic heterocycles. The number of benzene rings is 1. The smallest absolute Gasteiger partial charge is 0.231 e. The van der Waals surface area contributed by atoms with E-state index in [4.69, 9.17) is 23.0 Å². The Balaban J connectivity index is 1.27. The van der Waals surface area contributed by atoms with Crippen molar-refractivity contribution in [2.24, 2.45) is 0 Å². The summed E-state index contributed by atoms with van der Waals surface area (Å²) in [5, 5.41) is 10.4. The number of aliphatic hydroxyl groups excluding tert-OH is 1. The van der Waals surface area contributed by atoms with E-state index in [0.717, 1.165) is 28.6 Å². The maximum atomic E-state index is 10.4. The lowest BCUT2D eigenvalue weighted by molar-refractivity contribution is 0.00508. The van der Waals surface area contributed by atoms with Crippen LogP contribution in [0.2, 0.25) is 0 Å². The molecule has 0 bridgehead atoms. The highest BCUT2D eigenvalue weighted by atomic mass is 16.7. The van der Waals surface area contributed by atoms with Gasteiger partial charge in [0.2, 0.25) is 6.79 Å². The summed E-state index contributed by atoms with van der Waals surface area (Å²) in [5.74, 6) is 3.14. The summed E-state index contributed by atoms with van der Waals surface area (Å²) in [5.41, 5.74) is 0.972. The molecule has 1 aromatic carbocycles. The van der Waals surface area contributed by atoms with E-state index in [1.807, 2.05) is 42.5 Å². The van der Waals surface area contributed by atoms with Crippen LogP contribution < -0.4 is 9.47 Å². The van der Waals surface area contributed by atoms with Crippen molar-refractivity contribution in [1.82, 2.24) is 4.90 Å². The van der Waals surface area contributed by atoms with Crippen molar-refractivity contribution in [1.29, 1.82) is 0 Å². The molecule has 1 atom stereocenters. The summed E-state index contributed by atoms with van der Waals surface area (Å²) >= 11 is 0. The van der Waals surface area contributed by atoms with Gasteiger partial charge in [-0.25, -0.2) is 0 Å². The van der Waals surface area contributed by atoms with Crippen molar-refractivity contribution in [3.8, 4) is 11.5 Å². The largest absolute Gasteiger partial charge is 0.468 e. The second-order valence-electron chi connectivity index (χ2n) is 6.68. The SMILES string of the molecule is O[C@@H](COCc1ccc2c(c1)OCO2)CN(Cc1ccco1)Cc1ccco1. The molecule has 3 heterocycles. The highest BCUT2D eigenvalue weighted by Gasteiger charge is 2.16. The van der Waals surface area contributed by atoms with Crippen LogP contribution in [0.25, 0.3) is 0 Å². The maximum Gasteiger partial charge on any atom is 0.231 e. The molecule has 7 heteroatoms. The van der Waals surface area contributed by atoms with Gasteiger partial charge in [0.1, 0.15) is 11.5 Å². The molecular weight excluding hydrogens is 362 g/mol. The van der Waals surface area contributed by atoms with Crippen LogP contribution in [-0.2, 0) is 24.4 Å². The molecule has 4 rings (SSSR count). The van der Waals surface area contributed by atoms with Gasteiger partial charge in [-0.15, -0.1) is 0 Å². The summed E-state index contributed by atoms with van der Waals surface area (Å²) in [6.45, 7) is 2.45. The fraction of sp³-hybridized carbons (Fsp3) is 0.333. The lowest BCUT2D eigenvalue weighted by Crippen LogP contribution is -2.34. The topological polar surface area (TPSA) is 77.4 Å². The molecule has 0 unspecified atom stereocenters. The molecule has 0 fully saturated rings. The second-order valence-corrected chi connectivity index (χ2v) is 6.68. The van der Waals surface area contributed by atoms with Crippen LogP contribution in [0.3, 0.4) is 0 Å². The minimum Gasteiger partial charge on any atom is -0.468 e. The minimum atomic E-state index is -0.640. The van der Waals surface area contributed by atoms with Crippen LogP contribution in [0, 0.1) is 0 Å². The Labute approximate surface area is 163 Å². The predicted molar refractivity (Wildman–Crippen MR) is 99.8 cm³/mol. The van der Waals surface area contributed by atoms with Crippen molar-refractivity contribution in [2.75, 3.05) is 19.9 Å². The molecule has 0 aliphatic carbocycles. The molecule has 0 saturated carbocycles. The molecule has 0 spiro atoms. The van der Waals surface area contributed by atoms with Crippen LogP contribution in [-0.4, -0.2) is 36.1 Å². The first-order chi connectivity index (χ1) is 13.8. The number of rotatable bonds is 10. The van der Waals surface area contributed by atoms with E-state index in [-0.39, 0.29) is 13.4 Å². The number of hydrogen-bond donors (Lipinski definition) is 1. The molecule has 148 valence electrons. The summed E-state index contributed by atoms with van der Waals surface area (Å²) in [4.78, 5) is 2.06. The predicted octanol–water partition coefficient (Wildman–Crippen LogP) is 3.18. The first-order valence-corrected chi connectivity index (χ1v) is 9.18. The van der Waals surface area contributed by atoms with Gasteiger partial charge in [-0.2, -0.15) is 0 Å². The zero-order valence-electron chi connectivity index (χ0n) is 15.5. The van der Waals surface area contributed by atoms with Gasteiger partial charge in [0, 0.05) is 6.54 Å². The summed E-state index contributed by atoms with van der Waals surface area (Å²) < 4.78 is 27.2. The number of hydrogen-bond acceptors (Lipinski definition) is 7. The van der Waals surface area contributed by atoms with Gasteiger partial charge in [0.05, 0.1) is 44.9 Å². The van der Waals surface area contributed by atoms with Gasteiger partial charge in [-0.3, -0.25) is 4.90 Å². The van der Waals surface area contributed by atoms with Crippen molar-refractivity contribution in [2.45, 2.75) is 25.8 Å². The van der Waals surface area contributed by atoms with Gasteiger partial charge >= 0.3 is 0 Å². The van der Waals surface area contributed by atoms with Crippen molar-refractivity contribution < 1.29 is 28.2 Å². The van der Waals surface area contributed by atoms with Gasteiger partial charge in [-0.1, -0.05) is 6.07 Å². The average molecular weight is 385 g/mol. The first-order valence-electron chi connectivity index (χ1n) is 9.18. The van der Waals surface area contributed by atoms with Gasteiger partial charge < -0.3 is 28.2 Å². The molecular formula is C21H23NO6. The minimum absolute atomic E-state index is 0.223. The number of ether oxygens (including phenoxy) is 3. The van der Waals surface area contributed by atoms with E-state index in [9.17, 15) is 5.11 Å². The van der Waals surface area contributed by atoms with Crippen molar-refractivity contribution in [3.63, 3.8) is 0 Å². The van der Waals surface area contributed by atoms with Crippen LogP contribution in [0.15, 0.2) is 63.8 Å². The standard InChI is InChI=1S/C21H23NO6/c23-17(14-24-13-16-5-6-20-21(9-16)28-15-27-20)10-22(11-18-3-1-7-25-18)12-19-4-2-8-26-19/h1-9,17,23H,10-15H2/t17-/m1/s1. The van der Waals surface area contributed by atoms with Gasteiger partial charge in [0.15, 0.2) is 11.5 Å². The molecule has 0 amide bonds.